The van der Waals surface area contributed by atoms with Crippen LogP contribution in [0.1, 0.15) is 28.5 Å². The van der Waals surface area contributed by atoms with Gasteiger partial charge < -0.3 is 0 Å². The van der Waals surface area contributed by atoms with Gasteiger partial charge in [-0.15, -0.1) is 11.8 Å². The van der Waals surface area contributed by atoms with Crippen LogP contribution in [0.15, 0.2) is 17.2 Å². The third kappa shape index (κ3) is 2.17. The number of Topliss-reactive ketones (excluding diaryl/α,β-unsaturated/α-hetero) is 1. The van der Waals surface area contributed by atoms with E-state index in [9.17, 15) is 4.79 Å². The number of fused-ring (bicyclic) bond motifs is 1. The predicted octanol–water partition coefficient (Wildman–Crippen LogP) is 3.17. The van der Waals surface area contributed by atoms with Crippen LogP contribution in [-0.4, -0.2) is 22.0 Å². The number of aromatic nitrogens is 2. The Balaban J connectivity index is 2.86. The molecule has 0 N–H and O–H groups in total. The quantitative estimate of drug-likeness (QED) is 0.603. The molecule has 0 amide bonds. The van der Waals surface area contributed by atoms with Crippen molar-refractivity contribution < 1.29 is 4.79 Å². The third-order valence-electron chi connectivity index (χ3n) is 2.62. The molecule has 0 fully saturated rings. The molecule has 88 valence electrons. The summed E-state index contributed by atoms with van der Waals surface area (Å²) in [6.07, 6.45) is 1.96. The van der Waals surface area contributed by atoms with Crippen LogP contribution in [0, 0.1) is 13.8 Å². The van der Waals surface area contributed by atoms with Crippen LogP contribution in [0.3, 0.4) is 0 Å². The number of aryl methyl sites for hydroxylation is 2. The molecule has 1 aromatic carbocycles. The van der Waals surface area contributed by atoms with E-state index in [0.29, 0.717) is 11.1 Å². The number of benzene rings is 1. The van der Waals surface area contributed by atoms with Crippen LogP contribution in [-0.2, 0) is 0 Å². The molecule has 4 heteroatoms. The molecular weight excluding hydrogens is 232 g/mol. The molecular formula is C13H14N2OS. The number of hydrogen-bond acceptors (Lipinski definition) is 4. The van der Waals surface area contributed by atoms with Gasteiger partial charge in [0.1, 0.15) is 10.5 Å². The summed E-state index contributed by atoms with van der Waals surface area (Å²) in [7, 11) is 0. The Hall–Kier alpha value is -1.42. The third-order valence-corrected chi connectivity index (χ3v) is 3.39. The monoisotopic (exact) mass is 246 g/mol. The van der Waals surface area contributed by atoms with Crippen LogP contribution in [0.5, 0.6) is 0 Å². The normalized spacial score (nSPS) is 10.8. The Morgan fingerprint density at radius 3 is 2.53 bits per heavy atom. The van der Waals surface area contributed by atoms with E-state index in [1.165, 1.54) is 0 Å². The van der Waals surface area contributed by atoms with Gasteiger partial charge in [-0.05, 0) is 44.7 Å². The van der Waals surface area contributed by atoms with Crippen molar-refractivity contribution in [2.24, 2.45) is 0 Å². The van der Waals surface area contributed by atoms with Crippen molar-refractivity contribution in [1.82, 2.24) is 9.97 Å². The van der Waals surface area contributed by atoms with Crippen LogP contribution >= 0.6 is 11.8 Å². The lowest BCUT2D eigenvalue weighted by Gasteiger charge is -2.08. The average Bonchev–Trinajstić information content (AvgIpc) is 2.26. The average molecular weight is 246 g/mol. The number of hydrogen-bond donors (Lipinski definition) is 0. The van der Waals surface area contributed by atoms with Gasteiger partial charge >= 0.3 is 0 Å². The molecule has 3 nitrogen and oxygen atoms in total. The van der Waals surface area contributed by atoms with Gasteiger partial charge in [-0.2, -0.15) is 0 Å². The molecule has 0 unspecified atom stereocenters. The van der Waals surface area contributed by atoms with Crippen LogP contribution in [0.25, 0.3) is 11.0 Å². The number of ketones is 1. The highest BCUT2D eigenvalue weighted by molar-refractivity contribution is 7.98. The highest BCUT2D eigenvalue weighted by Gasteiger charge is 2.11. The molecule has 0 saturated carbocycles. The zero-order valence-electron chi connectivity index (χ0n) is 10.4. The van der Waals surface area contributed by atoms with E-state index in [1.807, 2.05) is 32.2 Å². The van der Waals surface area contributed by atoms with Gasteiger partial charge in [-0.3, -0.25) is 4.79 Å². The molecule has 2 aromatic rings. The first-order valence-electron chi connectivity index (χ1n) is 5.37. The summed E-state index contributed by atoms with van der Waals surface area (Å²) in [6, 6.07) is 3.84. The number of nitrogens with zero attached hydrogens (tertiary/aromatic N) is 2. The Morgan fingerprint density at radius 1 is 1.24 bits per heavy atom. The molecule has 2 rings (SSSR count). The molecule has 0 atom stereocenters. The first kappa shape index (κ1) is 12.0. The second kappa shape index (κ2) is 4.45. The smallest absolute Gasteiger partial charge is 0.162 e. The second-order valence-corrected chi connectivity index (χ2v) is 4.85. The molecule has 17 heavy (non-hydrogen) atoms. The van der Waals surface area contributed by atoms with Crippen LogP contribution in [0.2, 0.25) is 0 Å². The van der Waals surface area contributed by atoms with Crippen LogP contribution in [0.4, 0.5) is 0 Å². The van der Waals surface area contributed by atoms with Crippen molar-refractivity contribution in [3.8, 4) is 0 Å². The second-order valence-electron chi connectivity index (χ2n) is 4.05. The lowest BCUT2D eigenvalue weighted by molar-refractivity contribution is 0.101. The number of carbonyl (C=O) groups is 1. The van der Waals surface area contributed by atoms with E-state index in [-0.39, 0.29) is 5.78 Å². The molecule has 1 aromatic heterocycles. The van der Waals surface area contributed by atoms with Crippen molar-refractivity contribution in [2.75, 3.05) is 6.26 Å². The highest BCUT2D eigenvalue weighted by atomic mass is 32.2. The topological polar surface area (TPSA) is 42.9 Å². The Labute approximate surface area is 105 Å². The first-order valence-corrected chi connectivity index (χ1v) is 6.59. The van der Waals surface area contributed by atoms with Gasteiger partial charge in [0.15, 0.2) is 5.78 Å². The van der Waals surface area contributed by atoms with Crippen molar-refractivity contribution in [2.45, 2.75) is 25.8 Å². The van der Waals surface area contributed by atoms with Crippen molar-refractivity contribution in [3.63, 3.8) is 0 Å². The summed E-state index contributed by atoms with van der Waals surface area (Å²) >= 11 is 1.55. The summed E-state index contributed by atoms with van der Waals surface area (Å²) in [5, 5.41) is 0.879. The molecule has 0 spiro atoms. The molecule has 0 bridgehead atoms. The molecule has 1 heterocycles. The standard InChI is InChI=1S/C13H14N2OS/c1-7-5-10(9(3)16)12-11(6-7)14-8(2)13(15-12)17-4/h5-6H,1-4H3. The maximum Gasteiger partial charge on any atom is 0.162 e. The Kier molecular flexibility index (Phi) is 3.15. The van der Waals surface area contributed by atoms with Gasteiger partial charge in [-0.1, -0.05) is 0 Å². The fraction of sp³-hybridized carbons (Fsp3) is 0.308. The summed E-state index contributed by atoms with van der Waals surface area (Å²) in [5.41, 5.74) is 4.10. The largest absolute Gasteiger partial charge is 0.294 e. The maximum absolute atomic E-state index is 11.6. The van der Waals surface area contributed by atoms with Gasteiger partial charge in [0.25, 0.3) is 0 Å². The Bertz CT molecular complexity index is 608. The zero-order chi connectivity index (χ0) is 12.6. The summed E-state index contributed by atoms with van der Waals surface area (Å²) in [6.45, 7) is 5.47. The van der Waals surface area contributed by atoms with E-state index < -0.39 is 0 Å². The van der Waals surface area contributed by atoms with Crippen molar-refractivity contribution in [1.29, 1.82) is 0 Å². The minimum Gasteiger partial charge on any atom is -0.294 e. The molecule has 0 aliphatic rings. The van der Waals surface area contributed by atoms with Gasteiger partial charge in [-0.25, -0.2) is 9.97 Å². The fourth-order valence-corrected chi connectivity index (χ4v) is 2.36. The molecule has 0 radical (unpaired) electrons. The minimum atomic E-state index is 0.0314. The lowest BCUT2D eigenvalue weighted by Crippen LogP contribution is -2.00. The van der Waals surface area contributed by atoms with E-state index in [2.05, 4.69) is 9.97 Å². The summed E-state index contributed by atoms with van der Waals surface area (Å²) in [5.74, 6) is 0.0314. The van der Waals surface area contributed by atoms with Gasteiger partial charge in [0.05, 0.1) is 11.2 Å². The molecule has 0 saturated heterocycles. The molecule has 0 aliphatic carbocycles. The highest BCUT2D eigenvalue weighted by Crippen LogP contribution is 2.23. The lowest BCUT2D eigenvalue weighted by atomic mass is 10.1. The number of rotatable bonds is 2. The van der Waals surface area contributed by atoms with Gasteiger partial charge in [0.2, 0.25) is 0 Å². The maximum atomic E-state index is 11.6. The summed E-state index contributed by atoms with van der Waals surface area (Å²) < 4.78 is 0. The SMILES string of the molecule is CSc1nc2c(C(C)=O)cc(C)cc2nc1C. The predicted molar refractivity (Wildman–Crippen MR) is 70.8 cm³/mol. The van der Waals surface area contributed by atoms with E-state index in [1.54, 1.807) is 18.7 Å². The fourth-order valence-electron chi connectivity index (χ4n) is 1.84. The minimum absolute atomic E-state index is 0.0314. The Morgan fingerprint density at radius 2 is 1.94 bits per heavy atom. The van der Waals surface area contributed by atoms with E-state index in [4.69, 9.17) is 0 Å². The van der Waals surface area contributed by atoms with E-state index >= 15 is 0 Å². The van der Waals surface area contributed by atoms with Gasteiger partial charge in [0, 0.05) is 5.56 Å². The zero-order valence-corrected chi connectivity index (χ0v) is 11.2. The van der Waals surface area contributed by atoms with Crippen molar-refractivity contribution >= 4 is 28.6 Å². The van der Waals surface area contributed by atoms with Crippen LogP contribution < -0.4 is 0 Å². The molecule has 0 aliphatic heterocycles. The van der Waals surface area contributed by atoms with E-state index in [0.717, 1.165) is 21.8 Å². The summed E-state index contributed by atoms with van der Waals surface area (Å²) in [4.78, 5) is 20.7. The number of carbonyl (C=O) groups excluding carboxylic acids is 1. The van der Waals surface area contributed by atoms with Crippen molar-refractivity contribution in [3.05, 3.63) is 29.0 Å². The first-order chi connectivity index (χ1) is 8.02. The number of thioether (sulfide) groups is 1.